The van der Waals surface area contributed by atoms with E-state index >= 15 is 0 Å². The van der Waals surface area contributed by atoms with E-state index in [4.69, 9.17) is 32.7 Å². The van der Waals surface area contributed by atoms with Gasteiger partial charge in [0.2, 0.25) is 0 Å². The van der Waals surface area contributed by atoms with E-state index in [1.165, 1.54) is 6.08 Å². The molecule has 2 aromatic rings. The first-order valence-corrected chi connectivity index (χ1v) is 11.9. The zero-order valence-electron chi connectivity index (χ0n) is 18.6. The number of carbonyl (C=O) groups excluding carboxylic acids is 3. The van der Waals surface area contributed by atoms with Crippen molar-refractivity contribution in [1.82, 2.24) is 10.2 Å². The van der Waals surface area contributed by atoms with Crippen LogP contribution in [0.2, 0.25) is 10.0 Å². The Bertz CT molecular complexity index is 1160. The lowest BCUT2D eigenvalue weighted by molar-refractivity contribution is -0.131. The molecule has 0 aromatic heterocycles. The molecule has 0 radical (unpaired) electrons. The van der Waals surface area contributed by atoms with Gasteiger partial charge in [-0.15, -0.1) is 0 Å². The quantitative estimate of drug-likeness (QED) is 0.406. The van der Waals surface area contributed by atoms with Crippen molar-refractivity contribution in [2.45, 2.75) is 45.3 Å². The topological polar surface area (TPSA) is 84.9 Å². The smallest absolute Gasteiger partial charge is 0.331 e. The number of halogens is 2. The highest BCUT2D eigenvalue weighted by Crippen LogP contribution is 2.38. The highest BCUT2D eigenvalue weighted by molar-refractivity contribution is 6.33. The van der Waals surface area contributed by atoms with E-state index in [-0.39, 0.29) is 23.2 Å². The maximum Gasteiger partial charge on any atom is 0.331 e. The summed E-state index contributed by atoms with van der Waals surface area (Å²) in [6.45, 7) is 2.35. The normalized spacial score (nSPS) is 17.9. The van der Waals surface area contributed by atoms with Crippen LogP contribution in [0.4, 0.5) is 4.79 Å². The number of imide groups is 2. The summed E-state index contributed by atoms with van der Waals surface area (Å²) >= 11 is 12.7. The molecule has 0 unspecified atom stereocenters. The fraction of sp³-hybridized carbons (Fsp3) is 0.320. The zero-order valence-corrected chi connectivity index (χ0v) is 20.1. The summed E-state index contributed by atoms with van der Waals surface area (Å²) in [5.74, 6) is -0.653. The van der Waals surface area contributed by atoms with Crippen LogP contribution in [0.5, 0.6) is 11.5 Å². The highest BCUT2D eigenvalue weighted by atomic mass is 35.5. The summed E-state index contributed by atoms with van der Waals surface area (Å²) in [6.07, 6.45) is 4.77. The van der Waals surface area contributed by atoms with Gasteiger partial charge in [0.05, 0.1) is 11.6 Å². The van der Waals surface area contributed by atoms with Crippen LogP contribution in [0.1, 0.15) is 43.7 Å². The number of carbonyl (C=O) groups is 3. The lowest BCUT2D eigenvalue weighted by atomic mass is 10.0. The summed E-state index contributed by atoms with van der Waals surface area (Å²) in [5, 5.41) is 3.09. The van der Waals surface area contributed by atoms with Crippen molar-refractivity contribution >= 4 is 47.1 Å². The van der Waals surface area contributed by atoms with Crippen molar-refractivity contribution in [3.8, 4) is 11.5 Å². The molecule has 0 spiro atoms. The Morgan fingerprint density at radius 1 is 1.06 bits per heavy atom. The fourth-order valence-electron chi connectivity index (χ4n) is 4.17. The van der Waals surface area contributed by atoms with Crippen LogP contribution in [0.3, 0.4) is 0 Å². The molecule has 7 nitrogen and oxygen atoms in total. The Kier molecular flexibility index (Phi) is 7.44. The monoisotopic (exact) mass is 502 g/mol. The molecule has 1 aliphatic carbocycles. The molecule has 2 aromatic carbocycles. The van der Waals surface area contributed by atoms with Gasteiger partial charge in [0.25, 0.3) is 11.8 Å². The van der Waals surface area contributed by atoms with Gasteiger partial charge in [-0.1, -0.05) is 54.2 Å². The molecule has 1 heterocycles. The summed E-state index contributed by atoms with van der Waals surface area (Å²) in [4.78, 5) is 39.0. The summed E-state index contributed by atoms with van der Waals surface area (Å²) in [5.41, 5.74) is 1.13. The molecular weight excluding hydrogens is 479 g/mol. The minimum Gasteiger partial charge on any atom is -0.490 e. The fourth-order valence-corrected chi connectivity index (χ4v) is 4.64. The number of nitrogens with one attached hydrogen (secondary N) is 1. The summed E-state index contributed by atoms with van der Waals surface area (Å²) in [7, 11) is 0. The second kappa shape index (κ2) is 10.5. The molecule has 9 heteroatoms. The number of barbiturate groups is 1. The lowest BCUT2D eigenvalue weighted by Gasteiger charge is -2.31. The van der Waals surface area contributed by atoms with Crippen molar-refractivity contribution in [2.75, 3.05) is 6.61 Å². The molecule has 178 valence electrons. The maximum absolute atomic E-state index is 13.1. The first kappa shape index (κ1) is 24.1. The van der Waals surface area contributed by atoms with E-state index in [2.05, 4.69) is 5.32 Å². The van der Waals surface area contributed by atoms with Crippen molar-refractivity contribution in [3.63, 3.8) is 0 Å². The molecule has 0 bridgehead atoms. The Balaban J connectivity index is 1.63. The van der Waals surface area contributed by atoms with Crippen LogP contribution in [0.25, 0.3) is 6.08 Å². The molecule has 4 amide bonds. The maximum atomic E-state index is 13.1. The third-order valence-corrected chi connectivity index (χ3v) is 6.44. The second-order valence-corrected chi connectivity index (χ2v) is 8.89. The van der Waals surface area contributed by atoms with Gasteiger partial charge in [0.15, 0.2) is 11.5 Å². The van der Waals surface area contributed by atoms with Gasteiger partial charge in [-0.3, -0.25) is 19.8 Å². The largest absolute Gasteiger partial charge is 0.490 e. The number of hydrogen-bond acceptors (Lipinski definition) is 5. The predicted octanol–water partition coefficient (Wildman–Crippen LogP) is 5.38. The molecule has 4 rings (SSSR count). The second-order valence-electron chi connectivity index (χ2n) is 8.07. The van der Waals surface area contributed by atoms with E-state index < -0.39 is 17.8 Å². The average molecular weight is 503 g/mol. The van der Waals surface area contributed by atoms with Crippen LogP contribution >= 0.6 is 23.2 Å². The van der Waals surface area contributed by atoms with Crippen LogP contribution in [0.15, 0.2) is 42.0 Å². The van der Waals surface area contributed by atoms with Crippen LogP contribution < -0.4 is 14.8 Å². The summed E-state index contributed by atoms with van der Waals surface area (Å²) in [6, 6.07) is 9.65. The van der Waals surface area contributed by atoms with E-state index in [0.29, 0.717) is 28.7 Å². The standard InChI is InChI=1S/C25H24Cl2N2O5/c1-2-33-21-13-15(12-20(27)22(21)34-14-16-7-3-6-10-19(16)26)11-18-23(30)28-25(32)29(24(18)31)17-8-4-5-9-17/h3,6-7,10-13,17H,2,4-5,8-9,14H2,1H3,(H,28,30,32)/b18-11+. The molecular formula is C25H24Cl2N2O5. The van der Waals surface area contributed by atoms with Crippen molar-refractivity contribution in [3.05, 3.63) is 63.1 Å². The van der Waals surface area contributed by atoms with Crippen molar-refractivity contribution < 1.29 is 23.9 Å². The third-order valence-electron chi connectivity index (χ3n) is 5.80. The van der Waals surface area contributed by atoms with E-state index in [1.54, 1.807) is 18.2 Å². The molecule has 0 atom stereocenters. The van der Waals surface area contributed by atoms with Gasteiger partial charge in [0.1, 0.15) is 12.2 Å². The predicted molar refractivity (Wildman–Crippen MR) is 129 cm³/mol. The first-order valence-electron chi connectivity index (χ1n) is 11.1. The Labute approximate surface area is 207 Å². The number of nitrogens with zero attached hydrogens (tertiary/aromatic N) is 1. The van der Waals surface area contributed by atoms with Gasteiger partial charge >= 0.3 is 6.03 Å². The number of urea groups is 1. The van der Waals surface area contributed by atoms with E-state index in [9.17, 15) is 14.4 Å². The Morgan fingerprint density at radius 2 is 1.79 bits per heavy atom. The van der Waals surface area contributed by atoms with Crippen LogP contribution in [-0.4, -0.2) is 35.4 Å². The Morgan fingerprint density at radius 3 is 2.50 bits per heavy atom. The third kappa shape index (κ3) is 5.05. The molecule has 2 aliphatic rings. The van der Waals surface area contributed by atoms with Crippen molar-refractivity contribution in [1.29, 1.82) is 0 Å². The van der Waals surface area contributed by atoms with Gasteiger partial charge < -0.3 is 9.47 Å². The lowest BCUT2D eigenvalue weighted by Crippen LogP contribution is -2.57. The molecule has 34 heavy (non-hydrogen) atoms. The van der Waals surface area contributed by atoms with Gasteiger partial charge in [0, 0.05) is 16.6 Å². The van der Waals surface area contributed by atoms with Crippen LogP contribution in [-0.2, 0) is 16.2 Å². The van der Waals surface area contributed by atoms with Crippen molar-refractivity contribution in [2.24, 2.45) is 0 Å². The number of benzene rings is 2. The average Bonchev–Trinajstić information content (AvgIpc) is 3.31. The van der Waals surface area contributed by atoms with Gasteiger partial charge in [-0.25, -0.2) is 4.79 Å². The zero-order chi connectivity index (χ0) is 24.2. The molecule has 2 fully saturated rings. The number of rotatable bonds is 7. The summed E-state index contributed by atoms with van der Waals surface area (Å²) < 4.78 is 11.6. The number of hydrogen-bond donors (Lipinski definition) is 1. The minimum atomic E-state index is -0.739. The molecule has 1 aliphatic heterocycles. The SMILES string of the molecule is CCOc1cc(/C=C2\C(=O)NC(=O)N(C3CCCC3)C2=O)cc(Cl)c1OCc1ccccc1Cl. The number of amides is 4. The highest BCUT2D eigenvalue weighted by Gasteiger charge is 2.40. The number of ether oxygens (including phenoxy) is 2. The first-order chi connectivity index (χ1) is 16.4. The molecule has 1 saturated heterocycles. The molecule has 1 N–H and O–H groups in total. The Hall–Kier alpha value is -3.03. The van der Waals surface area contributed by atoms with Gasteiger partial charge in [-0.2, -0.15) is 0 Å². The van der Waals surface area contributed by atoms with E-state index in [1.807, 2.05) is 25.1 Å². The van der Waals surface area contributed by atoms with E-state index in [0.717, 1.165) is 36.1 Å². The molecule has 1 saturated carbocycles. The van der Waals surface area contributed by atoms with Gasteiger partial charge in [-0.05, 0) is 49.6 Å². The minimum absolute atomic E-state index is 0.130. The van der Waals surface area contributed by atoms with Crippen LogP contribution in [0, 0.1) is 0 Å².